The maximum atomic E-state index is 12.0. The normalized spacial score (nSPS) is 11.4. The van der Waals surface area contributed by atoms with Crippen LogP contribution in [-0.2, 0) is 11.2 Å². The van der Waals surface area contributed by atoms with Gasteiger partial charge in [0.05, 0.1) is 0 Å². The van der Waals surface area contributed by atoms with E-state index in [0.29, 0.717) is 18.3 Å². The summed E-state index contributed by atoms with van der Waals surface area (Å²) in [6, 6.07) is 8.66. The van der Waals surface area contributed by atoms with E-state index < -0.39 is 0 Å². The Kier molecular flexibility index (Phi) is 6.07. The van der Waals surface area contributed by atoms with Crippen molar-refractivity contribution in [3.05, 3.63) is 35.4 Å². The SMILES string of the molecule is Cc1ccc(CCC(=O)NC(C(C)C)C(C)C)cc1. The number of rotatable bonds is 6. The minimum absolute atomic E-state index is 0.160. The van der Waals surface area contributed by atoms with Crippen molar-refractivity contribution < 1.29 is 4.79 Å². The summed E-state index contributed by atoms with van der Waals surface area (Å²) < 4.78 is 0. The molecule has 0 atom stereocenters. The Morgan fingerprint density at radius 2 is 1.58 bits per heavy atom. The molecule has 0 fully saturated rings. The van der Waals surface area contributed by atoms with Gasteiger partial charge < -0.3 is 5.32 Å². The van der Waals surface area contributed by atoms with Crippen molar-refractivity contribution in [2.45, 2.75) is 53.5 Å². The highest BCUT2D eigenvalue weighted by molar-refractivity contribution is 5.76. The second-order valence-corrected chi connectivity index (χ2v) is 6.07. The number of benzene rings is 1. The summed E-state index contributed by atoms with van der Waals surface area (Å²) in [6.45, 7) is 10.7. The van der Waals surface area contributed by atoms with Crippen molar-refractivity contribution in [1.82, 2.24) is 5.32 Å². The number of hydrogen-bond donors (Lipinski definition) is 1. The van der Waals surface area contributed by atoms with E-state index in [4.69, 9.17) is 0 Å². The van der Waals surface area contributed by atoms with E-state index in [-0.39, 0.29) is 11.9 Å². The van der Waals surface area contributed by atoms with Gasteiger partial charge in [0.25, 0.3) is 0 Å². The molecule has 0 bridgehead atoms. The van der Waals surface area contributed by atoms with Crippen molar-refractivity contribution in [2.75, 3.05) is 0 Å². The summed E-state index contributed by atoms with van der Waals surface area (Å²) >= 11 is 0. The lowest BCUT2D eigenvalue weighted by atomic mass is 9.93. The van der Waals surface area contributed by atoms with E-state index in [2.05, 4.69) is 64.2 Å². The standard InChI is InChI=1S/C17H27NO/c1-12(2)17(13(3)4)18-16(19)11-10-15-8-6-14(5)7-9-15/h6-9,12-13,17H,10-11H2,1-5H3,(H,18,19). The summed E-state index contributed by atoms with van der Waals surface area (Å²) in [7, 11) is 0. The van der Waals surface area contributed by atoms with E-state index in [1.807, 2.05) is 0 Å². The van der Waals surface area contributed by atoms with Gasteiger partial charge >= 0.3 is 0 Å². The van der Waals surface area contributed by atoms with Gasteiger partial charge in [-0.15, -0.1) is 0 Å². The van der Waals surface area contributed by atoms with E-state index in [9.17, 15) is 4.79 Å². The number of hydrogen-bond acceptors (Lipinski definition) is 1. The zero-order chi connectivity index (χ0) is 14.4. The summed E-state index contributed by atoms with van der Waals surface area (Å²) in [5.41, 5.74) is 2.49. The van der Waals surface area contributed by atoms with Crippen molar-refractivity contribution in [3.8, 4) is 0 Å². The molecule has 1 N–H and O–H groups in total. The minimum atomic E-state index is 0.160. The predicted molar refractivity (Wildman–Crippen MR) is 81.1 cm³/mol. The van der Waals surface area contributed by atoms with Crippen LogP contribution < -0.4 is 5.32 Å². The lowest BCUT2D eigenvalue weighted by Crippen LogP contribution is -2.42. The van der Waals surface area contributed by atoms with Crippen LogP contribution in [0.2, 0.25) is 0 Å². The zero-order valence-electron chi connectivity index (χ0n) is 12.9. The van der Waals surface area contributed by atoms with Gasteiger partial charge in [0.15, 0.2) is 0 Å². The topological polar surface area (TPSA) is 29.1 Å². The van der Waals surface area contributed by atoms with E-state index in [0.717, 1.165) is 6.42 Å². The Hall–Kier alpha value is -1.31. The van der Waals surface area contributed by atoms with Crippen molar-refractivity contribution in [3.63, 3.8) is 0 Å². The second kappa shape index (κ2) is 7.32. The molecule has 0 aliphatic rings. The summed E-state index contributed by atoms with van der Waals surface area (Å²) in [6.07, 6.45) is 1.38. The van der Waals surface area contributed by atoms with Crippen LogP contribution in [0.1, 0.15) is 45.2 Å². The largest absolute Gasteiger partial charge is 0.353 e. The molecule has 0 saturated heterocycles. The molecule has 0 aliphatic carbocycles. The van der Waals surface area contributed by atoms with Gasteiger partial charge in [0.1, 0.15) is 0 Å². The molecule has 0 saturated carbocycles. The third-order valence-electron chi connectivity index (χ3n) is 3.53. The molecule has 0 aliphatic heterocycles. The molecule has 19 heavy (non-hydrogen) atoms. The minimum Gasteiger partial charge on any atom is -0.353 e. The molecule has 0 aromatic heterocycles. The van der Waals surface area contributed by atoms with Crippen LogP contribution in [-0.4, -0.2) is 11.9 Å². The summed E-state index contributed by atoms with van der Waals surface area (Å²) in [5, 5.41) is 3.16. The summed E-state index contributed by atoms with van der Waals surface area (Å²) in [5.74, 6) is 1.11. The Morgan fingerprint density at radius 3 is 2.05 bits per heavy atom. The molecule has 0 unspecified atom stereocenters. The number of carbonyl (C=O) groups excluding carboxylic acids is 1. The Bertz CT molecular complexity index is 384. The van der Waals surface area contributed by atoms with Crippen molar-refractivity contribution >= 4 is 5.91 Å². The van der Waals surface area contributed by atoms with Crippen LogP contribution in [0.4, 0.5) is 0 Å². The maximum absolute atomic E-state index is 12.0. The third-order valence-corrected chi connectivity index (χ3v) is 3.53. The summed E-state index contributed by atoms with van der Waals surface area (Å²) in [4.78, 5) is 12.0. The highest BCUT2D eigenvalue weighted by atomic mass is 16.1. The second-order valence-electron chi connectivity index (χ2n) is 6.07. The lowest BCUT2D eigenvalue weighted by molar-refractivity contribution is -0.122. The molecular weight excluding hydrogens is 234 g/mol. The molecule has 1 rings (SSSR count). The van der Waals surface area contributed by atoms with E-state index in [1.54, 1.807) is 0 Å². The number of aryl methyl sites for hydroxylation is 2. The molecule has 1 aromatic rings. The van der Waals surface area contributed by atoms with Crippen LogP contribution in [0, 0.1) is 18.8 Å². The first-order valence-corrected chi connectivity index (χ1v) is 7.25. The van der Waals surface area contributed by atoms with Crippen molar-refractivity contribution in [1.29, 1.82) is 0 Å². The lowest BCUT2D eigenvalue weighted by Gasteiger charge is -2.26. The smallest absolute Gasteiger partial charge is 0.220 e. The average molecular weight is 261 g/mol. The fourth-order valence-corrected chi connectivity index (χ4v) is 2.37. The molecule has 2 nitrogen and oxygen atoms in total. The molecule has 106 valence electrons. The third kappa shape index (κ3) is 5.46. The first kappa shape index (κ1) is 15.7. The predicted octanol–water partition coefficient (Wildman–Crippen LogP) is 3.72. The molecule has 0 spiro atoms. The number of amides is 1. The molecule has 1 amide bonds. The quantitative estimate of drug-likeness (QED) is 0.830. The van der Waals surface area contributed by atoms with Crippen LogP contribution in [0.15, 0.2) is 24.3 Å². The average Bonchev–Trinajstić information content (AvgIpc) is 2.34. The Labute approximate surface area is 117 Å². The van der Waals surface area contributed by atoms with Gasteiger partial charge in [-0.1, -0.05) is 57.5 Å². The Balaban J connectivity index is 2.45. The fraction of sp³-hybridized carbons (Fsp3) is 0.588. The molecular formula is C17H27NO. The monoisotopic (exact) mass is 261 g/mol. The Morgan fingerprint density at radius 1 is 1.05 bits per heavy atom. The highest BCUT2D eigenvalue weighted by Crippen LogP contribution is 2.12. The van der Waals surface area contributed by atoms with E-state index in [1.165, 1.54) is 11.1 Å². The highest BCUT2D eigenvalue weighted by Gasteiger charge is 2.19. The van der Waals surface area contributed by atoms with Crippen LogP contribution >= 0.6 is 0 Å². The van der Waals surface area contributed by atoms with Crippen LogP contribution in [0.25, 0.3) is 0 Å². The maximum Gasteiger partial charge on any atom is 0.220 e. The van der Waals surface area contributed by atoms with Gasteiger partial charge in [0, 0.05) is 12.5 Å². The van der Waals surface area contributed by atoms with Gasteiger partial charge in [-0.25, -0.2) is 0 Å². The van der Waals surface area contributed by atoms with Gasteiger partial charge in [-0.05, 0) is 30.7 Å². The van der Waals surface area contributed by atoms with Crippen LogP contribution in [0.5, 0.6) is 0 Å². The van der Waals surface area contributed by atoms with Gasteiger partial charge in [0.2, 0.25) is 5.91 Å². The zero-order valence-corrected chi connectivity index (χ0v) is 12.9. The van der Waals surface area contributed by atoms with Gasteiger partial charge in [-0.3, -0.25) is 4.79 Å². The number of nitrogens with one attached hydrogen (secondary N) is 1. The molecule has 1 aromatic carbocycles. The van der Waals surface area contributed by atoms with Gasteiger partial charge in [-0.2, -0.15) is 0 Å². The first-order valence-electron chi connectivity index (χ1n) is 7.25. The fourth-order valence-electron chi connectivity index (χ4n) is 2.37. The molecule has 0 radical (unpaired) electrons. The van der Waals surface area contributed by atoms with E-state index >= 15 is 0 Å². The first-order chi connectivity index (χ1) is 8.90. The molecule has 2 heteroatoms. The van der Waals surface area contributed by atoms with Crippen LogP contribution in [0.3, 0.4) is 0 Å². The number of carbonyl (C=O) groups is 1. The van der Waals surface area contributed by atoms with Crippen molar-refractivity contribution in [2.24, 2.45) is 11.8 Å². The molecule has 0 heterocycles.